The van der Waals surface area contributed by atoms with Crippen LogP contribution in [0.25, 0.3) is 0 Å². The summed E-state index contributed by atoms with van der Waals surface area (Å²) in [6, 6.07) is 0. The van der Waals surface area contributed by atoms with Crippen molar-refractivity contribution in [3.8, 4) is 0 Å². The second kappa shape index (κ2) is 10.6. The number of allylic oxidation sites excluding steroid dienone is 3. The van der Waals surface area contributed by atoms with Crippen LogP contribution in [-0.4, -0.2) is 24.2 Å². The first-order valence-corrected chi connectivity index (χ1v) is 6.24. The van der Waals surface area contributed by atoms with Crippen LogP contribution < -0.4 is 0 Å². The fraction of sp³-hybridized carbons (Fsp3) is 0.571. The fourth-order valence-corrected chi connectivity index (χ4v) is 1.41. The second-order valence-corrected chi connectivity index (χ2v) is 4.01. The van der Waals surface area contributed by atoms with E-state index in [1.165, 1.54) is 7.11 Å². The molecule has 0 saturated heterocycles. The summed E-state index contributed by atoms with van der Waals surface area (Å²) < 4.78 is 4.50. The highest BCUT2D eigenvalue weighted by Crippen LogP contribution is 2.11. The number of aliphatic carboxylic acids is 1. The maximum absolute atomic E-state index is 11.0. The molecular weight excluding hydrogens is 232 g/mol. The highest BCUT2D eigenvalue weighted by atomic mass is 16.5. The minimum Gasteiger partial charge on any atom is -0.481 e. The number of ether oxygens (including phenoxy) is 1. The molecule has 1 unspecified atom stereocenters. The normalized spacial score (nSPS) is 13.0. The summed E-state index contributed by atoms with van der Waals surface area (Å²) in [6.45, 7) is 2.08. The lowest BCUT2D eigenvalue weighted by Gasteiger charge is -2.06. The number of methoxy groups -OCH3 is 1. The maximum Gasteiger partial charge on any atom is 0.310 e. The van der Waals surface area contributed by atoms with Gasteiger partial charge in [-0.2, -0.15) is 0 Å². The SMILES string of the molecule is CCCC=CC=CC(CCCC(=O)OC)C(=O)O. The predicted octanol–water partition coefficient (Wildman–Crippen LogP) is 2.94. The van der Waals surface area contributed by atoms with E-state index in [0.29, 0.717) is 12.8 Å². The van der Waals surface area contributed by atoms with E-state index < -0.39 is 11.9 Å². The number of hydrogen-bond acceptors (Lipinski definition) is 3. The van der Waals surface area contributed by atoms with Crippen LogP contribution in [0.4, 0.5) is 0 Å². The van der Waals surface area contributed by atoms with Gasteiger partial charge < -0.3 is 9.84 Å². The molecule has 0 rings (SSSR count). The number of hydrogen-bond donors (Lipinski definition) is 1. The molecule has 0 aromatic rings. The Bertz CT molecular complexity index is 305. The van der Waals surface area contributed by atoms with Crippen LogP contribution in [-0.2, 0) is 14.3 Å². The van der Waals surface area contributed by atoms with Crippen molar-refractivity contribution in [2.75, 3.05) is 7.11 Å². The van der Waals surface area contributed by atoms with Gasteiger partial charge in [-0.25, -0.2) is 0 Å². The highest BCUT2D eigenvalue weighted by molar-refractivity contribution is 5.72. The molecule has 0 saturated carbocycles. The van der Waals surface area contributed by atoms with E-state index >= 15 is 0 Å². The Morgan fingerprint density at radius 2 is 2.06 bits per heavy atom. The summed E-state index contributed by atoms with van der Waals surface area (Å²) in [5.74, 6) is -1.70. The van der Waals surface area contributed by atoms with Gasteiger partial charge in [0.1, 0.15) is 0 Å². The molecule has 0 aromatic carbocycles. The molecular formula is C14H22O4. The number of esters is 1. The second-order valence-electron chi connectivity index (χ2n) is 4.01. The van der Waals surface area contributed by atoms with Crippen LogP contribution in [0.5, 0.6) is 0 Å². The molecule has 0 radical (unpaired) electrons. The lowest BCUT2D eigenvalue weighted by Crippen LogP contribution is -2.11. The van der Waals surface area contributed by atoms with Gasteiger partial charge in [0, 0.05) is 6.42 Å². The molecule has 0 amide bonds. The van der Waals surface area contributed by atoms with Gasteiger partial charge in [-0.3, -0.25) is 9.59 Å². The van der Waals surface area contributed by atoms with Gasteiger partial charge in [0.25, 0.3) is 0 Å². The van der Waals surface area contributed by atoms with Crippen LogP contribution in [0.1, 0.15) is 39.0 Å². The van der Waals surface area contributed by atoms with Gasteiger partial charge in [-0.15, -0.1) is 0 Å². The number of carbonyl (C=O) groups is 2. The zero-order chi connectivity index (χ0) is 13.8. The van der Waals surface area contributed by atoms with Gasteiger partial charge in [-0.05, 0) is 19.3 Å². The Hall–Kier alpha value is -1.58. The third kappa shape index (κ3) is 8.56. The van der Waals surface area contributed by atoms with Gasteiger partial charge >= 0.3 is 11.9 Å². The zero-order valence-electron chi connectivity index (χ0n) is 11.1. The van der Waals surface area contributed by atoms with Crippen molar-refractivity contribution in [2.24, 2.45) is 5.92 Å². The van der Waals surface area contributed by atoms with Crippen LogP contribution >= 0.6 is 0 Å². The molecule has 4 heteroatoms. The summed E-state index contributed by atoms with van der Waals surface area (Å²) in [5, 5.41) is 9.01. The molecule has 1 N–H and O–H groups in total. The largest absolute Gasteiger partial charge is 0.481 e. The zero-order valence-corrected chi connectivity index (χ0v) is 11.1. The number of unbranched alkanes of at least 4 members (excludes halogenated alkanes) is 1. The van der Waals surface area contributed by atoms with E-state index in [9.17, 15) is 9.59 Å². The highest BCUT2D eigenvalue weighted by Gasteiger charge is 2.13. The Kier molecular flexibility index (Phi) is 9.64. The first-order chi connectivity index (χ1) is 8.61. The topological polar surface area (TPSA) is 63.6 Å². The van der Waals surface area contributed by atoms with E-state index in [1.807, 2.05) is 12.2 Å². The number of rotatable bonds is 9. The molecule has 102 valence electrons. The Morgan fingerprint density at radius 1 is 1.33 bits per heavy atom. The number of carbonyl (C=O) groups excluding carboxylic acids is 1. The molecule has 0 aromatic heterocycles. The lowest BCUT2D eigenvalue weighted by molar-refractivity contribution is -0.142. The van der Waals surface area contributed by atoms with E-state index in [0.717, 1.165) is 12.8 Å². The van der Waals surface area contributed by atoms with Gasteiger partial charge in [-0.1, -0.05) is 37.6 Å². The summed E-state index contributed by atoms with van der Waals surface area (Å²) in [5.41, 5.74) is 0. The fourth-order valence-electron chi connectivity index (χ4n) is 1.41. The van der Waals surface area contributed by atoms with Crippen molar-refractivity contribution >= 4 is 11.9 Å². The third-order valence-corrected chi connectivity index (χ3v) is 2.49. The Balaban J connectivity index is 4.07. The molecule has 0 aliphatic rings. The number of carboxylic acids is 1. The van der Waals surface area contributed by atoms with Gasteiger partial charge in [0.15, 0.2) is 0 Å². The monoisotopic (exact) mass is 254 g/mol. The van der Waals surface area contributed by atoms with Crippen LogP contribution in [0.3, 0.4) is 0 Å². The van der Waals surface area contributed by atoms with Crippen molar-refractivity contribution in [2.45, 2.75) is 39.0 Å². The first-order valence-electron chi connectivity index (χ1n) is 6.24. The number of carboxylic acid groups (broad SMARTS) is 1. The minimum absolute atomic E-state index is 0.264. The molecule has 0 aliphatic carbocycles. The summed E-state index contributed by atoms with van der Waals surface area (Å²) in [7, 11) is 1.33. The molecule has 0 spiro atoms. The first kappa shape index (κ1) is 16.4. The standard InChI is InChI=1S/C14H22O4/c1-3-4-5-6-7-9-12(14(16)17)10-8-11-13(15)18-2/h5-7,9,12H,3-4,8,10-11H2,1-2H3,(H,16,17). The average molecular weight is 254 g/mol. The predicted molar refractivity (Wildman–Crippen MR) is 70.2 cm³/mol. The van der Waals surface area contributed by atoms with Crippen molar-refractivity contribution in [1.29, 1.82) is 0 Å². The molecule has 4 nitrogen and oxygen atoms in total. The van der Waals surface area contributed by atoms with Crippen LogP contribution in [0, 0.1) is 5.92 Å². The van der Waals surface area contributed by atoms with Gasteiger partial charge in [0.2, 0.25) is 0 Å². The Morgan fingerprint density at radius 3 is 2.61 bits per heavy atom. The van der Waals surface area contributed by atoms with E-state index in [1.54, 1.807) is 12.2 Å². The van der Waals surface area contributed by atoms with E-state index in [-0.39, 0.29) is 12.4 Å². The molecule has 0 fully saturated rings. The third-order valence-electron chi connectivity index (χ3n) is 2.49. The maximum atomic E-state index is 11.0. The molecule has 1 atom stereocenters. The molecule has 18 heavy (non-hydrogen) atoms. The summed E-state index contributed by atoms with van der Waals surface area (Å²) in [6.07, 6.45) is 10.6. The quantitative estimate of drug-likeness (QED) is 0.507. The van der Waals surface area contributed by atoms with E-state index in [2.05, 4.69) is 11.7 Å². The van der Waals surface area contributed by atoms with Crippen LogP contribution in [0.15, 0.2) is 24.3 Å². The average Bonchev–Trinajstić information content (AvgIpc) is 2.35. The Labute approximate surface area is 108 Å². The van der Waals surface area contributed by atoms with E-state index in [4.69, 9.17) is 5.11 Å². The molecule has 0 bridgehead atoms. The lowest BCUT2D eigenvalue weighted by atomic mass is 10.0. The summed E-state index contributed by atoms with van der Waals surface area (Å²) in [4.78, 5) is 21.9. The van der Waals surface area contributed by atoms with Crippen molar-refractivity contribution in [3.05, 3.63) is 24.3 Å². The van der Waals surface area contributed by atoms with Crippen LogP contribution in [0.2, 0.25) is 0 Å². The molecule has 0 heterocycles. The molecule has 0 aliphatic heterocycles. The minimum atomic E-state index is -0.861. The van der Waals surface area contributed by atoms with Gasteiger partial charge in [0.05, 0.1) is 13.0 Å². The van der Waals surface area contributed by atoms with Crippen molar-refractivity contribution in [3.63, 3.8) is 0 Å². The smallest absolute Gasteiger partial charge is 0.310 e. The summed E-state index contributed by atoms with van der Waals surface area (Å²) >= 11 is 0. The van der Waals surface area contributed by atoms with Crippen molar-refractivity contribution in [1.82, 2.24) is 0 Å². The van der Waals surface area contributed by atoms with Crippen molar-refractivity contribution < 1.29 is 19.4 Å².